The van der Waals surface area contributed by atoms with E-state index in [2.05, 4.69) is 0 Å². The number of aliphatic hydroxyl groups is 1. The van der Waals surface area contributed by atoms with E-state index in [1.54, 1.807) is 31.2 Å². The van der Waals surface area contributed by atoms with Crippen LogP contribution in [-0.4, -0.2) is 28.8 Å². The lowest BCUT2D eigenvalue weighted by atomic mass is 9.94. The molecule has 1 aliphatic rings. The van der Waals surface area contributed by atoms with E-state index in [0.29, 0.717) is 16.9 Å². The minimum absolute atomic E-state index is 0.0270. The summed E-state index contributed by atoms with van der Waals surface area (Å²) in [6, 6.07) is 14.1. The molecule has 31 heavy (non-hydrogen) atoms. The Balaban J connectivity index is 1.89. The van der Waals surface area contributed by atoms with Gasteiger partial charge in [0, 0.05) is 10.4 Å². The minimum atomic E-state index is -0.803. The number of hydrogen-bond donors (Lipinski definition) is 1. The van der Waals surface area contributed by atoms with E-state index < -0.39 is 23.5 Å². The van der Waals surface area contributed by atoms with Gasteiger partial charge < -0.3 is 14.7 Å². The Hall–Kier alpha value is -3.45. The molecule has 1 aliphatic heterocycles. The second-order valence-corrected chi connectivity index (χ2v) is 8.28. The van der Waals surface area contributed by atoms with Gasteiger partial charge in [0.1, 0.15) is 17.3 Å². The Bertz CT molecular complexity index is 1190. The van der Waals surface area contributed by atoms with E-state index in [1.807, 2.05) is 17.5 Å². The highest BCUT2D eigenvalue weighted by atomic mass is 32.1. The summed E-state index contributed by atoms with van der Waals surface area (Å²) in [6.07, 6.45) is 0. The van der Waals surface area contributed by atoms with Crippen molar-refractivity contribution < 1.29 is 23.8 Å². The summed E-state index contributed by atoms with van der Waals surface area (Å²) in [7, 11) is 1.53. The second-order valence-electron chi connectivity index (χ2n) is 7.25. The summed E-state index contributed by atoms with van der Waals surface area (Å²) in [4.78, 5) is 28.4. The number of thiophene rings is 1. The lowest BCUT2D eigenvalue weighted by molar-refractivity contribution is -0.140. The first kappa shape index (κ1) is 20.8. The normalized spacial score (nSPS) is 17.9. The van der Waals surface area contributed by atoms with Gasteiger partial charge in [-0.15, -0.1) is 11.3 Å². The van der Waals surface area contributed by atoms with Crippen LogP contribution < -0.4 is 4.74 Å². The molecule has 3 aromatic rings. The van der Waals surface area contributed by atoms with Crippen LogP contribution in [0.2, 0.25) is 0 Å². The van der Waals surface area contributed by atoms with Crippen LogP contribution in [-0.2, 0) is 16.1 Å². The fourth-order valence-electron chi connectivity index (χ4n) is 3.72. The fourth-order valence-corrected chi connectivity index (χ4v) is 4.42. The zero-order valence-electron chi connectivity index (χ0n) is 17.0. The Morgan fingerprint density at radius 1 is 1.16 bits per heavy atom. The van der Waals surface area contributed by atoms with Crippen molar-refractivity contribution >= 4 is 28.8 Å². The molecule has 2 aromatic carbocycles. The smallest absolute Gasteiger partial charge is 0.295 e. The molecular weight excluding hydrogens is 417 g/mol. The zero-order valence-corrected chi connectivity index (χ0v) is 17.8. The summed E-state index contributed by atoms with van der Waals surface area (Å²) in [5.41, 5.74) is 1.21. The van der Waals surface area contributed by atoms with Crippen molar-refractivity contribution in [3.8, 4) is 5.75 Å². The number of ether oxygens (including phenoxy) is 1. The summed E-state index contributed by atoms with van der Waals surface area (Å²) in [5, 5.41) is 13.0. The van der Waals surface area contributed by atoms with Gasteiger partial charge in [-0.25, -0.2) is 4.39 Å². The average molecular weight is 437 g/mol. The van der Waals surface area contributed by atoms with Gasteiger partial charge in [-0.2, -0.15) is 0 Å². The maximum Gasteiger partial charge on any atom is 0.295 e. The molecule has 1 saturated heterocycles. The van der Waals surface area contributed by atoms with Gasteiger partial charge >= 0.3 is 0 Å². The lowest BCUT2D eigenvalue weighted by Gasteiger charge is -2.25. The Morgan fingerprint density at radius 3 is 2.65 bits per heavy atom. The van der Waals surface area contributed by atoms with E-state index >= 15 is 0 Å². The number of benzene rings is 2. The monoisotopic (exact) mass is 437 g/mol. The lowest BCUT2D eigenvalue weighted by Crippen LogP contribution is -2.28. The molecule has 1 amide bonds. The standard InChI is InChI=1S/C24H20FNO4S/c1-14-11-16(8-9-19(14)25)22(27)20-21(15-5-3-6-17(12-15)30-2)26(24(29)23(20)28)13-18-7-4-10-31-18/h3-12,21,27H,13H2,1-2H3/b22-20-. The molecule has 1 N–H and O–H groups in total. The number of ketones is 1. The number of likely N-dealkylation sites (tertiary alicyclic amines) is 1. The van der Waals surface area contributed by atoms with Gasteiger partial charge in [0.2, 0.25) is 0 Å². The number of aliphatic hydroxyl groups excluding tert-OH is 1. The first-order chi connectivity index (χ1) is 14.9. The van der Waals surface area contributed by atoms with Gasteiger partial charge in [-0.3, -0.25) is 9.59 Å². The molecular formula is C24H20FNO4S. The highest BCUT2D eigenvalue weighted by Gasteiger charge is 2.46. The quantitative estimate of drug-likeness (QED) is 0.353. The molecule has 0 bridgehead atoms. The molecule has 0 spiro atoms. The molecule has 1 fully saturated rings. The molecule has 1 unspecified atom stereocenters. The van der Waals surface area contributed by atoms with Gasteiger partial charge in [-0.1, -0.05) is 18.2 Å². The van der Waals surface area contributed by atoms with Gasteiger partial charge in [0.15, 0.2) is 0 Å². The molecule has 0 radical (unpaired) electrons. The number of methoxy groups -OCH3 is 1. The van der Waals surface area contributed by atoms with E-state index in [-0.39, 0.29) is 23.4 Å². The van der Waals surface area contributed by atoms with Crippen molar-refractivity contribution in [3.63, 3.8) is 0 Å². The van der Waals surface area contributed by atoms with E-state index in [9.17, 15) is 19.1 Å². The Labute approximate surface area is 183 Å². The van der Waals surface area contributed by atoms with Crippen LogP contribution in [0.25, 0.3) is 5.76 Å². The van der Waals surface area contributed by atoms with Crippen LogP contribution in [0.4, 0.5) is 4.39 Å². The first-order valence-corrected chi connectivity index (χ1v) is 10.5. The third-order valence-corrected chi connectivity index (χ3v) is 6.15. The van der Waals surface area contributed by atoms with Gasteiger partial charge in [0.25, 0.3) is 11.7 Å². The minimum Gasteiger partial charge on any atom is -0.507 e. The number of halogens is 1. The van der Waals surface area contributed by atoms with E-state index in [1.165, 1.54) is 41.5 Å². The average Bonchev–Trinajstić information content (AvgIpc) is 3.37. The molecule has 1 atom stereocenters. The molecule has 7 heteroatoms. The third-order valence-electron chi connectivity index (χ3n) is 5.29. The number of hydrogen-bond acceptors (Lipinski definition) is 5. The van der Waals surface area contributed by atoms with Crippen LogP contribution in [0.1, 0.15) is 27.6 Å². The van der Waals surface area contributed by atoms with Gasteiger partial charge in [0.05, 0.1) is 25.3 Å². The van der Waals surface area contributed by atoms with Crippen molar-refractivity contribution in [3.05, 3.63) is 92.9 Å². The Morgan fingerprint density at radius 2 is 1.97 bits per heavy atom. The number of rotatable bonds is 5. The van der Waals surface area contributed by atoms with Crippen molar-refractivity contribution in [2.45, 2.75) is 19.5 Å². The predicted molar refractivity (Wildman–Crippen MR) is 116 cm³/mol. The summed E-state index contributed by atoms with van der Waals surface area (Å²) >= 11 is 1.48. The molecule has 0 aliphatic carbocycles. The maximum atomic E-state index is 13.7. The molecule has 0 saturated carbocycles. The number of carbonyl (C=O) groups is 2. The summed E-state index contributed by atoms with van der Waals surface area (Å²) in [5.74, 6) is -1.65. The summed E-state index contributed by atoms with van der Waals surface area (Å²) in [6.45, 7) is 1.80. The largest absolute Gasteiger partial charge is 0.507 e. The molecule has 5 nitrogen and oxygen atoms in total. The molecule has 4 rings (SSSR count). The number of carbonyl (C=O) groups excluding carboxylic acids is 2. The number of nitrogens with zero attached hydrogens (tertiary/aromatic N) is 1. The fraction of sp³-hybridized carbons (Fsp3) is 0.167. The van der Waals surface area contributed by atoms with Crippen molar-refractivity contribution in [1.82, 2.24) is 4.90 Å². The molecule has 158 valence electrons. The SMILES string of the molecule is COc1cccc(C2/C(=C(/O)c3ccc(F)c(C)c3)C(=O)C(=O)N2Cc2cccs2)c1. The number of Topliss-reactive ketones (excluding diaryl/α,β-unsaturated/α-hetero) is 1. The van der Waals surface area contributed by atoms with Crippen LogP contribution in [0.15, 0.2) is 65.6 Å². The second kappa shape index (κ2) is 8.35. The first-order valence-electron chi connectivity index (χ1n) is 9.62. The predicted octanol–water partition coefficient (Wildman–Crippen LogP) is 4.83. The summed E-state index contributed by atoms with van der Waals surface area (Å²) < 4.78 is 19.0. The van der Waals surface area contributed by atoms with Crippen LogP contribution in [0.5, 0.6) is 5.75 Å². The maximum absolute atomic E-state index is 13.7. The van der Waals surface area contributed by atoms with Crippen molar-refractivity contribution in [2.24, 2.45) is 0 Å². The van der Waals surface area contributed by atoms with Crippen molar-refractivity contribution in [2.75, 3.05) is 7.11 Å². The molecule has 2 heterocycles. The van der Waals surface area contributed by atoms with E-state index in [4.69, 9.17) is 4.74 Å². The Kier molecular flexibility index (Phi) is 5.61. The molecule has 1 aromatic heterocycles. The van der Waals surface area contributed by atoms with Gasteiger partial charge in [-0.05, 0) is 59.8 Å². The van der Waals surface area contributed by atoms with E-state index in [0.717, 1.165) is 4.88 Å². The number of amides is 1. The van der Waals surface area contributed by atoms with Crippen LogP contribution in [0.3, 0.4) is 0 Å². The zero-order chi connectivity index (χ0) is 22.1. The third kappa shape index (κ3) is 3.84. The van der Waals surface area contributed by atoms with Crippen LogP contribution in [0, 0.1) is 12.7 Å². The van der Waals surface area contributed by atoms with Crippen LogP contribution >= 0.6 is 11.3 Å². The topological polar surface area (TPSA) is 66.8 Å². The van der Waals surface area contributed by atoms with Crippen molar-refractivity contribution in [1.29, 1.82) is 0 Å². The highest BCUT2D eigenvalue weighted by molar-refractivity contribution is 7.09. The highest BCUT2D eigenvalue weighted by Crippen LogP contribution is 2.41. The number of aryl methyl sites for hydroxylation is 1.